The van der Waals surface area contributed by atoms with Crippen LogP contribution in [0.3, 0.4) is 0 Å². The zero-order chi connectivity index (χ0) is 22.9. The fourth-order valence-corrected chi connectivity index (χ4v) is 4.53. The van der Waals surface area contributed by atoms with E-state index >= 15 is 0 Å². The van der Waals surface area contributed by atoms with Crippen LogP contribution in [0.25, 0.3) is 11.2 Å². The fraction of sp³-hybridized carbons (Fsp3) is 0.611. The van der Waals surface area contributed by atoms with Crippen molar-refractivity contribution in [2.45, 2.75) is 58.2 Å². The number of imidazole rings is 1. The van der Waals surface area contributed by atoms with Gasteiger partial charge in [0.25, 0.3) is 0 Å². The summed E-state index contributed by atoms with van der Waals surface area (Å²) in [5.41, 5.74) is 0.638. The molecule has 4 heterocycles. The topological polar surface area (TPSA) is 164 Å². The van der Waals surface area contributed by atoms with Gasteiger partial charge >= 0.3 is 13.8 Å². The van der Waals surface area contributed by atoms with Crippen LogP contribution in [0.4, 0.5) is 5.82 Å². The molecule has 1 amide bonds. The first-order chi connectivity index (χ1) is 15.3. The highest BCUT2D eigenvalue weighted by molar-refractivity contribution is 7.47. The van der Waals surface area contributed by atoms with Gasteiger partial charge in [-0.3, -0.25) is 23.2 Å². The Labute approximate surface area is 183 Å². The highest BCUT2D eigenvalue weighted by Gasteiger charge is 2.54. The maximum Gasteiger partial charge on any atom is 0.474 e. The summed E-state index contributed by atoms with van der Waals surface area (Å²) in [6.07, 6.45) is 1.50. The van der Waals surface area contributed by atoms with E-state index in [-0.39, 0.29) is 24.8 Å². The van der Waals surface area contributed by atoms with Crippen molar-refractivity contribution in [3.8, 4) is 0 Å². The Kier molecular flexibility index (Phi) is 6.54. The predicted molar refractivity (Wildman–Crippen MR) is 108 cm³/mol. The normalized spacial score (nSPS) is 29.6. The van der Waals surface area contributed by atoms with Gasteiger partial charge in [0.15, 0.2) is 35.6 Å². The van der Waals surface area contributed by atoms with Gasteiger partial charge in [0.1, 0.15) is 6.33 Å². The van der Waals surface area contributed by atoms with Crippen molar-refractivity contribution in [2.24, 2.45) is 5.92 Å². The molecule has 0 aliphatic carbocycles. The van der Waals surface area contributed by atoms with Crippen LogP contribution in [-0.4, -0.2) is 55.3 Å². The van der Waals surface area contributed by atoms with Gasteiger partial charge < -0.3 is 19.7 Å². The van der Waals surface area contributed by atoms with Gasteiger partial charge in [-0.2, -0.15) is 0 Å². The first-order valence-electron chi connectivity index (χ1n) is 10.3. The summed E-state index contributed by atoms with van der Waals surface area (Å²) in [4.78, 5) is 46.6. The van der Waals surface area contributed by atoms with E-state index in [1.807, 2.05) is 13.8 Å². The molecule has 1 unspecified atom stereocenters. The predicted octanol–water partition coefficient (Wildman–Crippen LogP) is 1.90. The average Bonchev–Trinajstić information content (AvgIpc) is 3.29. The van der Waals surface area contributed by atoms with Crippen molar-refractivity contribution in [1.29, 1.82) is 0 Å². The van der Waals surface area contributed by atoms with Crippen LogP contribution in [0.15, 0.2) is 12.7 Å². The lowest BCUT2D eigenvalue weighted by molar-refractivity contribution is -0.157. The molecular weight excluding hydrogens is 445 g/mol. The molecule has 0 radical (unpaired) electrons. The van der Waals surface area contributed by atoms with Crippen LogP contribution in [-0.2, 0) is 32.7 Å². The minimum atomic E-state index is -4.28. The fourth-order valence-electron chi connectivity index (χ4n) is 3.64. The molecule has 32 heavy (non-hydrogen) atoms. The number of nitrogens with zero attached hydrogens (tertiary/aromatic N) is 4. The third-order valence-corrected chi connectivity index (χ3v) is 6.03. The van der Waals surface area contributed by atoms with Crippen molar-refractivity contribution >= 4 is 36.7 Å². The smallest absolute Gasteiger partial charge is 0.457 e. The number of hydrogen-bond donors (Lipinski definition) is 2. The van der Waals surface area contributed by atoms with Gasteiger partial charge in [-0.05, 0) is 12.8 Å². The zero-order valence-corrected chi connectivity index (χ0v) is 18.4. The molecule has 4 rings (SSSR count). The quantitative estimate of drug-likeness (QED) is 0.449. The Morgan fingerprint density at radius 3 is 2.81 bits per heavy atom. The highest BCUT2D eigenvalue weighted by atomic mass is 31.2. The molecule has 13 nitrogen and oxygen atoms in total. The maximum atomic E-state index is 12.3. The van der Waals surface area contributed by atoms with Gasteiger partial charge in [-0.1, -0.05) is 13.8 Å². The van der Waals surface area contributed by atoms with Crippen LogP contribution >= 0.6 is 7.82 Å². The lowest BCUT2D eigenvalue weighted by atomic mass is 10.0. The van der Waals surface area contributed by atoms with Gasteiger partial charge in [-0.25, -0.2) is 19.5 Å². The van der Waals surface area contributed by atoms with E-state index in [1.54, 1.807) is 0 Å². The van der Waals surface area contributed by atoms with E-state index in [0.29, 0.717) is 30.4 Å². The number of rotatable bonds is 7. The number of anilines is 1. The molecule has 2 aliphatic heterocycles. The summed E-state index contributed by atoms with van der Waals surface area (Å²) in [6.45, 7) is 3.53. The van der Waals surface area contributed by atoms with E-state index in [2.05, 4.69) is 20.3 Å². The second kappa shape index (κ2) is 9.20. The summed E-state index contributed by atoms with van der Waals surface area (Å²) >= 11 is 0. The van der Waals surface area contributed by atoms with E-state index in [9.17, 15) is 19.0 Å². The Morgan fingerprint density at radius 2 is 2.06 bits per heavy atom. The summed E-state index contributed by atoms with van der Waals surface area (Å²) < 4.78 is 34.9. The van der Waals surface area contributed by atoms with Gasteiger partial charge in [0, 0.05) is 12.8 Å². The average molecular weight is 469 g/mol. The maximum absolute atomic E-state index is 12.3. The lowest BCUT2D eigenvalue weighted by Gasteiger charge is -2.29. The molecule has 5 atom stereocenters. The number of aromatic nitrogens is 4. The Bertz CT molecular complexity index is 1060. The third kappa shape index (κ3) is 4.52. The van der Waals surface area contributed by atoms with Crippen LogP contribution in [0, 0.1) is 5.92 Å². The SMILES string of the molecule is CCCC(=O)Nc1ncnc2c1ncn2[C@@H]1O[C@@H]2OP(=O)(O)OC[C@H]2[C@H]1OC(=O)CCC. The van der Waals surface area contributed by atoms with Crippen molar-refractivity contribution in [1.82, 2.24) is 19.5 Å². The van der Waals surface area contributed by atoms with E-state index in [0.717, 1.165) is 0 Å². The standard InChI is InChI=1S/C18H24N5O8P/c1-3-5-11(24)22-15-13-16(20-8-19-15)23(9-21-13)17-14(29-12(25)6-4-2)10-7-28-32(26,27)31-18(10)30-17/h8-10,14,17-18H,3-7H2,1-2H3,(H,26,27)(H,19,20,22,24)/t10-,14+,17+,18+/m0/s1. The first kappa shape index (κ1) is 22.7. The molecule has 2 saturated heterocycles. The zero-order valence-electron chi connectivity index (χ0n) is 17.5. The molecule has 174 valence electrons. The molecule has 0 saturated carbocycles. The van der Waals surface area contributed by atoms with Crippen LogP contribution in [0.1, 0.15) is 45.8 Å². The number of phosphoric ester groups is 1. The van der Waals surface area contributed by atoms with Gasteiger partial charge in [-0.15, -0.1) is 0 Å². The number of amides is 1. The van der Waals surface area contributed by atoms with Gasteiger partial charge in [0.05, 0.1) is 18.9 Å². The van der Waals surface area contributed by atoms with Gasteiger partial charge in [0.2, 0.25) is 5.91 Å². The number of carbonyl (C=O) groups excluding carboxylic acids is 2. The monoisotopic (exact) mass is 469 g/mol. The molecule has 2 N–H and O–H groups in total. The molecule has 0 aromatic carbocycles. The molecule has 2 fully saturated rings. The van der Waals surface area contributed by atoms with Crippen molar-refractivity contribution in [3.63, 3.8) is 0 Å². The molecule has 2 aromatic rings. The van der Waals surface area contributed by atoms with Crippen molar-refractivity contribution < 1.29 is 37.6 Å². The second-order valence-electron chi connectivity index (χ2n) is 7.48. The van der Waals surface area contributed by atoms with E-state index in [1.165, 1.54) is 17.2 Å². The van der Waals surface area contributed by atoms with Crippen molar-refractivity contribution in [3.05, 3.63) is 12.7 Å². The Balaban J connectivity index is 1.67. The number of hydrogen-bond acceptors (Lipinski definition) is 10. The van der Waals surface area contributed by atoms with E-state index in [4.69, 9.17) is 18.5 Å². The summed E-state index contributed by atoms with van der Waals surface area (Å²) in [5, 5.41) is 2.70. The minimum absolute atomic E-state index is 0.195. The number of carbonyl (C=O) groups is 2. The van der Waals surface area contributed by atoms with E-state index < -0.39 is 38.3 Å². The Hall–Kier alpha value is -2.44. The minimum Gasteiger partial charge on any atom is -0.457 e. The molecule has 2 aromatic heterocycles. The number of esters is 1. The molecule has 0 spiro atoms. The largest absolute Gasteiger partial charge is 0.474 e. The first-order valence-corrected chi connectivity index (χ1v) is 11.8. The number of phosphoric acid groups is 1. The number of ether oxygens (including phenoxy) is 2. The summed E-state index contributed by atoms with van der Waals surface area (Å²) in [7, 11) is -4.28. The van der Waals surface area contributed by atoms with Crippen LogP contribution in [0.5, 0.6) is 0 Å². The Morgan fingerprint density at radius 1 is 1.28 bits per heavy atom. The number of nitrogens with one attached hydrogen (secondary N) is 1. The summed E-state index contributed by atoms with van der Waals surface area (Å²) in [6, 6.07) is 0. The van der Waals surface area contributed by atoms with Crippen LogP contribution < -0.4 is 5.32 Å². The second-order valence-corrected chi connectivity index (χ2v) is 8.88. The molecule has 0 bridgehead atoms. The lowest BCUT2D eigenvalue weighted by Crippen LogP contribution is -2.37. The van der Waals surface area contributed by atoms with Crippen LogP contribution in [0.2, 0.25) is 0 Å². The molecule has 14 heteroatoms. The molecule has 2 aliphatic rings. The third-order valence-electron chi connectivity index (χ3n) is 5.08. The highest BCUT2D eigenvalue weighted by Crippen LogP contribution is 2.54. The number of fused-ring (bicyclic) bond motifs is 2. The molecular formula is C18H24N5O8P. The summed E-state index contributed by atoms with van der Waals surface area (Å²) in [5.74, 6) is -1.06. The van der Waals surface area contributed by atoms with Crippen molar-refractivity contribution in [2.75, 3.05) is 11.9 Å².